The second-order valence-corrected chi connectivity index (χ2v) is 8.96. The van der Waals surface area contributed by atoms with Crippen molar-refractivity contribution in [1.82, 2.24) is 15.1 Å². The molecule has 2 aromatic carbocycles. The molecular formula is C25H26ClN5O4. The number of carboxylic acid groups (broad SMARTS) is 1. The van der Waals surface area contributed by atoms with Gasteiger partial charge in [0.15, 0.2) is 0 Å². The second-order valence-electron chi connectivity index (χ2n) is 8.55. The zero-order valence-corrected chi connectivity index (χ0v) is 19.9. The van der Waals surface area contributed by atoms with Crippen LogP contribution in [0.15, 0.2) is 54.6 Å². The molecule has 1 fully saturated rings. The first kappa shape index (κ1) is 24.3. The highest BCUT2D eigenvalue weighted by molar-refractivity contribution is 6.34. The van der Waals surface area contributed by atoms with E-state index in [1.165, 1.54) is 0 Å². The zero-order valence-electron chi connectivity index (χ0n) is 19.1. The first-order valence-electron chi connectivity index (χ1n) is 11.3. The number of benzene rings is 2. The smallest absolute Gasteiger partial charge is 0.404 e. The number of halogens is 1. The van der Waals surface area contributed by atoms with E-state index in [1.54, 1.807) is 54.2 Å². The lowest BCUT2D eigenvalue weighted by Crippen LogP contribution is -2.40. The van der Waals surface area contributed by atoms with E-state index in [2.05, 4.69) is 21.0 Å². The molecule has 35 heavy (non-hydrogen) atoms. The van der Waals surface area contributed by atoms with Crippen molar-refractivity contribution in [3.05, 3.63) is 65.2 Å². The fourth-order valence-corrected chi connectivity index (χ4v) is 4.48. The standard InChI is InChI=1S/C25H26ClN5O4/c1-31-22(29-23(32)16-5-4-6-18(13-16)28-25(34)35)14-21(30-31)15-9-11-17(12-10-15)27-24(33)19-7-2-3-8-20(19)26/h2-3,7-12,14,16,18,28H,4-6,13H2,1H3,(H,27,33)(H,29,32)(H,34,35)/t16-,18-/m0/s1. The molecule has 3 amide bonds. The van der Waals surface area contributed by atoms with Crippen LogP contribution in [0.2, 0.25) is 5.02 Å². The molecular weight excluding hydrogens is 470 g/mol. The summed E-state index contributed by atoms with van der Waals surface area (Å²) < 4.78 is 1.59. The van der Waals surface area contributed by atoms with Gasteiger partial charge in [0.05, 0.1) is 16.3 Å². The maximum atomic E-state index is 12.8. The molecule has 4 N–H and O–H groups in total. The van der Waals surface area contributed by atoms with Crippen LogP contribution in [0.3, 0.4) is 0 Å². The number of rotatable bonds is 6. The molecule has 1 aliphatic rings. The molecule has 10 heteroatoms. The molecule has 4 rings (SSSR count). The van der Waals surface area contributed by atoms with Crippen molar-refractivity contribution in [2.75, 3.05) is 10.6 Å². The lowest BCUT2D eigenvalue weighted by Gasteiger charge is -2.28. The highest BCUT2D eigenvalue weighted by Crippen LogP contribution is 2.28. The number of carbonyl (C=O) groups is 3. The number of nitrogens with one attached hydrogen (secondary N) is 3. The Morgan fingerprint density at radius 3 is 2.51 bits per heavy atom. The maximum absolute atomic E-state index is 12.8. The van der Waals surface area contributed by atoms with E-state index < -0.39 is 6.09 Å². The number of amides is 3. The predicted molar refractivity (Wildman–Crippen MR) is 134 cm³/mol. The van der Waals surface area contributed by atoms with Crippen LogP contribution < -0.4 is 16.0 Å². The molecule has 182 valence electrons. The Balaban J connectivity index is 1.40. The van der Waals surface area contributed by atoms with Gasteiger partial charge in [-0.25, -0.2) is 4.79 Å². The van der Waals surface area contributed by atoms with Crippen molar-refractivity contribution in [2.24, 2.45) is 13.0 Å². The third-order valence-electron chi connectivity index (χ3n) is 6.06. The number of aryl methyl sites for hydroxylation is 1. The van der Waals surface area contributed by atoms with Gasteiger partial charge >= 0.3 is 6.09 Å². The van der Waals surface area contributed by atoms with Crippen LogP contribution in [0.1, 0.15) is 36.0 Å². The molecule has 0 unspecified atom stereocenters. The van der Waals surface area contributed by atoms with Crippen LogP contribution in [0.5, 0.6) is 0 Å². The molecule has 0 aliphatic heterocycles. The van der Waals surface area contributed by atoms with Gasteiger partial charge in [-0.05, 0) is 43.5 Å². The van der Waals surface area contributed by atoms with E-state index >= 15 is 0 Å². The average Bonchev–Trinajstić information content (AvgIpc) is 3.19. The van der Waals surface area contributed by atoms with Crippen molar-refractivity contribution in [1.29, 1.82) is 0 Å². The minimum atomic E-state index is -1.07. The number of anilines is 2. The van der Waals surface area contributed by atoms with E-state index in [9.17, 15) is 14.4 Å². The third-order valence-corrected chi connectivity index (χ3v) is 6.39. The van der Waals surface area contributed by atoms with Crippen molar-refractivity contribution in [3.8, 4) is 11.3 Å². The van der Waals surface area contributed by atoms with Crippen molar-refractivity contribution >= 4 is 41.0 Å². The summed E-state index contributed by atoms with van der Waals surface area (Å²) in [5.74, 6) is -0.154. The Morgan fingerprint density at radius 2 is 1.80 bits per heavy atom. The van der Waals surface area contributed by atoms with Gasteiger partial charge in [0.2, 0.25) is 5.91 Å². The number of carbonyl (C=O) groups excluding carboxylic acids is 2. The van der Waals surface area contributed by atoms with Gasteiger partial charge in [-0.1, -0.05) is 42.3 Å². The molecule has 0 saturated heterocycles. The third kappa shape index (κ3) is 5.99. The number of aromatic nitrogens is 2. The summed E-state index contributed by atoms with van der Waals surface area (Å²) in [6.07, 6.45) is 1.65. The SMILES string of the molecule is Cn1nc(-c2ccc(NC(=O)c3ccccc3Cl)cc2)cc1NC(=O)[C@H]1CCC[C@H](NC(=O)O)C1. The Morgan fingerprint density at radius 1 is 1.06 bits per heavy atom. The summed E-state index contributed by atoms with van der Waals surface area (Å²) in [5.41, 5.74) is 2.50. The van der Waals surface area contributed by atoms with Crippen LogP contribution >= 0.6 is 11.6 Å². The molecule has 9 nitrogen and oxygen atoms in total. The minimum absolute atomic E-state index is 0.144. The molecule has 1 aromatic heterocycles. The quantitative estimate of drug-likeness (QED) is 0.392. The summed E-state index contributed by atoms with van der Waals surface area (Å²) in [6.45, 7) is 0. The van der Waals surface area contributed by atoms with Gasteiger partial charge in [0.1, 0.15) is 5.82 Å². The predicted octanol–water partition coefficient (Wildman–Crippen LogP) is 4.76. The molecule has 0 spiro atoms. The van der Waals surface area contributed by atoms with Gasteiger partial charge < -0.3 is 21.1 Å². The monoisotopic (exact) mass is 495 g/mol. The first-order chi connectivity index (χ1) is 16.8. The van der Waals surface area contributed by atoms with Crippen molar-refractivity contribution in [2.45, 2.75) is 31.7 Å². The topological polar surface area (TPSA) is 125 Å². The number of hydrogen-bond acceptors (Lipinski definition) is 4. The van der Waals surface area contributed by atoms with Gasteiger partial charge in [-0.2, -0.15) is 5.10 Å². The Kier molecular flexibility index (Phi) is 7.36. The summed E-state index contributed by atoms with van der Waals surface area (Å²) in [5, 5.41) is 22.0. The number of hydrogen-bond donors (Lipinski definition) is 4. The lowest BCUT2D eigenvalue weighted by atomic mass is 9.85. The second kappa shape index (κ2) is 10.6. The first-order valence-corrected chi connectivity index (χ1v) is 11.7. The Bertz CT molecular complexity index is 1240. The molecule has 1 saturated carbocycles. The van der Waals surface area contributed by atoms with Gasteiger partial charge in [-0.3, -0.25) is 14.3 Å². The summed E-state index contributed by atoms with van der Waals surface area (Å²) in [7, 11) is 1.74. The van der Waals surface area contributed by atoms with E-state index in [0.717, 1.165) is 24.8 Å². The van der Waals surface area contributed by atoms with E-state index in [4.69, 9.17) is 16.7 Å². The summed E-state index contributed by atoms with van der Waals surface area (Å²) in [6, 6.07) is 15.6. The van der Waals surface area contributed by atoms with Crippen LogP contribution in [0.25, 0.3) is 11.3 Å². The van der Waals surface area contributed by atoms with Gasteiger partial charge in [0, 0.05) is 36.3 Å². The molecule has 1 heterocycles. The highest BCUT2D eigenvalue weighted by Gasteiger charge is 2.28. The zero-order chi connectivity index (χ0) is 24.9. The normalized spacial score (nSPS) is 17.4. The van der Waals surface area contributed by atoms with E-state index in [1.807, 2.05) is 12.1 Å². The fourth-order valence-electron chi connectivity index (χ4n) is 4.26. The molecule has 0 bridgehead atoms. The molecule has 1 aliphatic carbocycles. The van der Waals surface area contributed by atoms with Crippen LogP contribution in [0, 0.1) is 5.92 Å². The van der Waals surface area contributed by atoms with Crippen LogP contribution in [-0.2, 0) is 11.8 Å². The van der Waals surface area contributed by atoms with Crippen LogP contribution in [-0.4, -0.2) is 38.8 Å². The summed E-state index contributed by atoms with van der Waals surface area (Å²) in [4.78, 5) is 36.2. The molecule has 2 atom stereocenters. The molecule has 0 radical (unpaired) electrons. The van der Waals surface area contributed by atoms with E-state index in [0.29, 0.717) is 34.2 Å². The van der Waals surface area contributed by atoms with Crippen molar-refractivity contribution < 1.29 is 19.5 Å². The summed E-state index contributed by atoms with van der Waals surface area (Å²) >= 11 is 6.09. The lowest BCUT2D eigenvalue weighted by molar-refractivity contribution is -0.121. The molecule has 3 aromatic rings. The largest absolute Gasteiger partial charge is 0.465 e. The van der Waals surface area contributed by atoms with E-state index in [-0.39, 0.29) is 23.8 Å². The number of nitrogens with zero attached hydrogens (tertiary/aromatic N) is 2. The Labute approximate surface area is 207 Å². The van der Waals surface area contributed by atoms with Gasteiger partial charge in [0.25, 0.3) is 5.91 Å². The maximum Gasteiger partial charge on any atom is 0.404 e. The average molecular weight is 496 g/mol. The van der Waals surface area contributed by atoms with Crippen LogP contribution in [0.4, 0.5) is 16.3 Å². The van der Waals surface area contributed by atoms with Crippen molar-refractivity contribution in [3.63, 3.8) is 0 Å². The van der Waals surface area contributed by atoms with Gasteiger partial charge in [-0.15, -0.1) is 0 Å². The Hall–Kier alpha value is -3.85. The highest BCUT2D eigenvalue weighted by atomic mass is 35.5. The minimum Gasteiger partial charge on any atom is -0.465 e. The fraction of sp³-hybridized carbons (Fsp3) is 0.280.